The number of carbonyl (C=O) groups excluding carboxylic acids is 1. The van der Waals surface area contributed by atoms with Crippen LogP contribution in [0.2, 0.25) is 0 Å². The minimum Gasteiger partial charge on any atom is -0.351 e. The SMILES string of the molecule is C[C@@H](Cc1cccs1)C(=O)N1CCC([C@@H]2C[C@H](C(F)F)n3ncnc3N2)CC1. The molecule has 0 aliphatic carbocycles. The lowest BCUT2D eigenvalue weighted by Crippen LogP contribution is -2.47. The second-order valence-corrected chi connectivity index (χ2v) is 8.80. The van der Waals surface area contributed by atoms with Crippen LogP contribution in [-0.4, -0.2) is 51.1 Å². The average molecular weight is 410 g/mol. The lowest BCUT2D eigenvalue weighted by atomic mass is 9.84. The maximum absolute atomic E-state index is 13.5. The van der Waals surface area contributed by atoms with Crippen LogP contribution in [-0.2, 0) is 11.2 Å². The van der Waals surface area contributed by atoms with Crippen LogP contribution in [0.5, 0.6) is 0 Å². The number of halogens is 2. The van der Waals surface area contributed by atoms with Crippen molar-refractivity contribution in [1.82, 2.24) is 19.7 Å². The summed E-state index contributed by atoms with van der Waals surface area (Å²) in [7, 11) is 0. The molecule has 2 aliphatic rings. The van der Waals surface area contributed by atoms with Gasteiger partial charge in [0.05, 0.1) is 0 Å². The first-order chi connectivity index (χ1) is 13.5. The molecule has 2 aliphatic heterocycles. The summed E-state index contributed by atoms with van der Waals surface area (Å²) in [6.07, 6.45) is 1.59. The van der Waals surface area contributed by atoms with Crippen LogP contribution in [0.4, 0.5) is 14.7 Å². The van der Waals surface area contributed by atoms with E-state index >= 15 is 0 Å². The van der Waals surface area contributed by atoms with Crippen molar-refractivity contribution in [2.75, 3.05) is 18.4 Å². The zero-order chi connectivity index (χ0) is 19.7. The topological polar surface area (TPSA) is 63.1 Å². The first-order valence-corrected chi connectivity index (χ1v) is 10.7. The van der Waals surface area contributed by atoms with Crippen LogP contribution in [0.1, 0.15) is 37.1 Å². The van der Waals surface area contributed by atoms with E-state index in [2.05, 4.69) is 21.5 Å². The van der Waals surface area contributed by atoms with Crippen LogP contribution in [0.3, 0.4) is 0 Å². The van der Waals surface area contributed by atoms with Crippen molar-refractivity contribution in [3.8, 4) is 0 Å². The number of carbonyl (C=O) groups is 1. The summed E-state index contributed by atoms with van der Waals surface area (Å²) in [5.74, 6) is 0.825. The molecular formula is C19H25F2N5OS. The van der Waals surface area contributed by atoms with Crippen molar-refractivity contribution < 1.29 is 13.6 Å². The van der Waals surface area contributed by atoms with Crippen LogP contribution in [0.25, 0.3) is 0 Å². The number of anilines is 1. The summed E-state index contributed by atoms with van der Waals surface area (Å²) in [5, 5.41) is 9.25. The number of alkyl halides is 2. The van der Waals surface area contributed by atoms with Gasteiger partial charge in [0.1, 0.15) is 12.4 Å². The lowest BCUT2D eigenvalue weighted by Gasteiger charge is -2.40. The molecule has 152 valence electrons. The quantitative estimate of drug-likeness (QED) is 0.822. The van der Waals surface area contributed by atoms with E-state index < -0.39 is 12.5 Å². The van der Waals surface area contributed by atoms with E-state index in [1.165, 1.54) is 15.9 Å². The van der Waals surface area contributed by atoms with Gasteiger partial charge in [-0.2, -0.15) is 10.1 Å². The lowest BCUT2D eigenvalue weighted by molar-refractivity contribution is -0.136. The van der Waals surface area contributed by atoms with E-state index in [4.69, 9.17) is 0 Å². The van der Waals surface area contributed by atoms with Crippen LogP contribution in [0.15, 0.2) is 23.8 Å². The Bertz CT molecular complexity index is 788. The average Bonchev–Trinajstić information content (AvgIpc) is 3.38. The molecule has 0 unspecified atom stereocenters. The molecule has 1 N–H and O–H groups in total. The standard InChI is InChI=1S/C19H25F2N5OS/c1-12(9-14-3-2-8-28-14)18(27)25-6-4-13(5-7-25)15-10-16(17(20)21)26-19(24-15)22-11-23-26/h2-3,8,11-13,15-17H,4-7,9-10H2,1H3,(H,22,23,24)/t12-,15-,16+/m0/s1. The Morgan fingerprint density at radius 1 is 1.39 bits per heavy atom. The fourth-order valence-electron chi connectivity index (χ4n) is 4.35. The molecule has 0 aromatic carbocycles. The van der Waals surface area contributed by atoms with Gasteiger partial charge in [-0.15, -0.1) is 11.3 Å². The third kappa shape index (κ3) is 3.90. The smallest absolute Gasteiger partial charge is 0.260 e. The van der Waals surface area contributed by atoms with Crippen molar-refractivity contribution in [3.63, 3.8) is 0 Å². The Hall–Kier alpha value is -2.03. The number of rotatable bonds is 5. The van der Waals surface area contributed by atoms with Gasteiger partial charge in [0.25, 0.3) is 6.43 Å². The van der Waals surface area contributed by atoms with Gasteiger partial charge >= 0.3 is 0 Å². The third-order valence-electron chi connectivity index (χ3n) is 5.92. The highest BCUT2D eigenvalue weighted by atomic mass is 32.1. The molecule has 3 atom stereocenters. The minimum absolute atomic E-state index is 0.0372. The molecule has 0 bridgehead atoms. The molecule has 28 heavy (non-hydrogen) atoms. The first-order valence-electron chi connectivity index (χ1n) is 9.78. The van der Waals surface area contributed by atoms with E-state index in [1.54, 1.807) is 11.3 Å². The second-order valence-electron chi connectivity index (χ2n) is 7.76. The fourth-order valence-corrected chi connectivity index (χ4v) is 5.19. The van der Waals surface area contributed by atoms with E-state index in [9.17, 15) is 13.6 Å². The molecular weight excluding hydrogens is 384 g/mol. The molecule has 1 amide bonds. The predicted octanol–water partition coefficient (Wildman–Crippen LogP) is 3.45. The molecule has 0 radical (unpaired) electrons. The van der Waals surface area contributed by atoms with Crippen LogP contribution in [0, 0.1) is 11.8 Å². The number of nitrogens with zero attached hydrogens (tertiary/aromatic N) is 4. The molecule has 1 fully saturated rings. The molecule has 4 rings (SSSR count). The number of nitrogens with one attached hydrogen (secondary N) is 1. The summed E-state index contributed by atoms with van der Waals surface area (Å²) >= 11 is 1.68. The highest BCUT2D eigenvalue weighted by Crippen LogP contribution is 2.35. The zero-order valence-electron chi connectivity index (χ0n) is 15.8. The Kier molecular flexibility index (Phi) is 5.61. The fraction of sp³-hybridized carbons (Fsp3) is 0.632. The van der Waals surface area contributed by atoms with Gasteiger partial charge in [0, 0.05) is 29.9 Å². The molecule has 2 aromatic heterocycles. The van der Waals surface area contributed by atoms with Gasteiger partial charge in [0.15, 0.2) is 0 Å². The van der Waals surface area contributed by atoms with Gasteiger partial charge in [-0.25, -0.2) is 13.5 Å². The molecule has 6 nitrogen and oxygen atoms in total. The largest absolute Gasteiger partial charge is 0.351 e. The zero-order valence-corrected chi connectivity index (χ0v) is 16.6. The van der Waals surface area contributed by atoms with Crippen molar-refractivity contribution in [1.29, 1.82) is 0 Å². The molecule has 0 spiro atoms. The Balaban J connectivity index is 1.33. The number of piperidine rings is 1. The van der Waals surface area contributed by atoms with E-state index in [1.807, 2.05) is 23.3 Å². The summed E-state index contributed by atoms with van der Waals surface area (Å²) in [6.45, 7) is 3.35. The molecule has 1 saturated heterocycles. The van der Waals surface area contributed by atoms with Crippen LogP contribution < -0.4 is 5.32 Å². The highest BCUT2D eigenvalue weighted by molar-refractivity contribution is 7.09. The van der Waals surface area contributed by atoms with Crippen molar-refractivity contribution in [3.05, 3.63) is 28.7 Å². The van der Waals surface area contributed by atoms with Crippen molar-refractivity contribution >= 4 is 23.2 Å². The number of thiophene rings is 1. The highest BCUT2D eigenvalue weighted by Gasteiger charge is 2.38. The van der Waals surface area contributed by atoms with Gasteiger partial charge in [-0.1, -0.05) is 13.0 Å². The summed E-state index contributed by atoms with van der Waals surface area (Å²) in [5.41, 5.74) is 0. The molecule has 9 heteroatoms. The van der Waals surface area contributed by atoms with Crippen molar-refractivity contribution in [2.24, 2.45) is 11.8 Å². The summed E-state index contributed by atoms with van der Waals surface area (Å²) in [6, 6.07) is 3.08. The maximum Gasteiger partial charge on any atom is 0.260 e. The number of likely N-dealkylation sites (tertiary alicyclic amines) is 1. The van der Waals surface area contributed by atoms with E-state index in [0.29, 0.717) is 25.5 Å². The van der Waals surface area contributed by atoms with E-state index in [0.717, 1.165) is 19.3 Å². The minimum atomic E-state index is -2.47. The summed E-state index contributed by atoms with van der Waals surface area (Å²) in [4.78, 5) is 20.0. The molecule has 4 heterocycles. The Labute approximate surface area is 166 Å². The first kappa shape index (κ1) is 19.3. The third-order valence-corrected chi connectivity index (χ3v) is 6.82. The monoisotopic (exact) mass is 409 g/mol. The Morgan fingerprint density at radius 3 is 2.86 bits per heavy atom. The number of amides is 1. The maximum atomic E-state index is 13.5. The number of hydrogen-bond acceptors (Lipinski definition) is 5. The Morgan fingerprint density at radius 2 is 2.18 bits per heavy atom. The summed E-state index contributed by atoms with van der Waals surface area (Å²) < 4.78 is 28.2. The van der Waals surface area contributed by atoms with Gasteiger partial charge in [-0.3, -0.25) is 4.79 Å². The number of fused-ring (bicyclic) bond motifs is 1. The van der Waals surface area contributed by atoms with Gasteiger partial charge < -0.3 is 10.2 Å². The van der Waals surface area contributed by atoms with E-state index in [-0.39, 0.29) is 23.8 Å². The van der Waals surface area contributed by atoms with Crippen LogP contribution >= 0.6 is 11.3 Å². The molecule has 0 saturated carbocycles. The number of aromatic nitrogens is 3. The van der Waals surface area contributed by atoms with Crippen molar-refractivity contribution in [2.45, 2.75) is 51.1 Å². The van der Waals surface area contributed by atoms with Gasteiger partial charge in [-0.05, 0) is 43.0 Å². The number of hydrogen-bond donors (Lipinski definition) is 1. The normalized spacial score (nSPS) is 24.1. The van der Waals surface area contributed by atoms with Gasteiger partial charge in [0.2, 0.25) is 11.9 Å². The molecule has 2 aromatic rings. The second kappa shape index (κ2) is 8.14. The predicted molar refractivity (Wildman–Crippen MR) is 104 cm³/mol.